The number of benzene rings is 1. The largest absolute Gasteiger partial charge is 0.346 e. The molecule has 1 aliphatic rings. The number of H-pyrrole nitrogens is 2. The highest BCUT2D eigenvalue weighted by Crippen LogP contribution is 2.33. The Morgan fingerprint density at radius 1 is 1.38 bits per heavy atom. The molecule has 1 fully saturated rings. The fraction of sp³-hybridized carbons (Fsp3) is 0.421. The molecule has 0 bridgehead atoms. The number of amides is 1. The zero-order valence-electron chi connectivity index (χ0n) is 15.3. The van der Waals surface area contributed by atoms with Gasteiger partial charge in [-0.25, -0.2) is 4.98 Å². The van der Waals surface area contributed by atoms with E-state index in [0.29, 0.717) is 0 Å². The highest BCUT2D eigenvalue weighted by molar-refractivity contribution is 5.95. The molecule has 4 rings (SSSR count). The fourth-order valence-electron chi connectivity index (χ4n) is 3.86. The maximum atomic E-state index is 13.0. The number of carbonyl (C=O) groups excluding carboxylic acids is 1. The third-order valence-corrected chi connectivity index (χ3v) is 5.20. The molecular weight excluding hydrogens is 328 g/mol. The van der Waals surface area contributed by atoms with Crippen LogP contribution in [0.15, 0.2) is 24.4 Å². The van der Waals surface area contributed by atoms with E-state index in [2.05, 4.69) is 39.4 Å². The summed E-state index contributed by atoms with van der Waals surface area (Å²) >= 11 is 0. The molecule has 3 heterocycles. The topological polar surface area (TPSA) is 89.7 Å². The van der Waals surface area contributed by atoms with Gasteiger partial charge in [-0.1, -0.05) is 6.92 Å². The summed E-state index contributed by atoms with van der Waals surface area (Å²) in [6.45, 7) is 5.70. The standard InChI is InChI=1S/C19H24N6O/c1-4-17-21-11(2)18(23-17)14-9-25(3)10-15(14)19(26)22-13-5-6-16-12(7-13)8-20-24-16/h5-8,14-15H,4,9-10H2,1-3H3,(H,20,24)(H,21,23)(H,22,26)/t14-,15-/m1/s1. The van der Waals surface area contributed by atoms with Gasteiger partial charge in [0.05, 0.1) is 23.3 Å². The van der Waals surface area contributed by atoms with E-state index < -0.39 is 0 Å². The lowest BCUT2D eigenvalue weighted by atomic mass is 9.91. The van der Waals surface area contributed by atoms with E-state index in [-0.39, 0.29) is 17.7 Å². The number of nitrogens with zero attached hydrogens (tertiary/aromatic N) is 3. The smallest absolute Gasteiger partial charge is 0.229 e. The molecule has 7 heteroatoms. The number of likely N-dealkylation sites (tertiary alicyclic amines) is 1. The summed E-state index contributed by atoms with van der Waals surface area (Å²) in [7, 11) is 2.06. The quantitative estimate of drug-likeness (QED) is 0.673. The van der Waals surface area contributed by atoms with Crippen molar-refractivity contribution in [2.24, 2.45) is 5.92 Å². The SMILES string of the molecule is CCc1nc([C@@H]2CN(C)C[C@H]2C(=O)Nc2ccc3[nH]ncc3c2)c(C)[nH]1. The zero-order chi connectivity index (χ0) is 18.3. The number of hydrogen-bond acceptors (Lipinski definition) is 4. The Labute approximate surface area is 152 Å². The van der Waals surface area contributed by atoms with E-state index in [4.69, 9.17) is 4.98 Å². The van der Waals surface area contributed by atoms with Crippen LogP contribution in [-0.4, -0.2) is 51.1 Å². The fourth-order valence-corrected chi connectivity index (χ4v) is 3.86. The van der Waals surface area contributed by atoms with Crippen LogP contribution in [0.3, 0.4) is 0 Å². The van der Waals surface area contributed by atoms with Gasteiger partial charge in [0.15, 0.2) is 0 Å². The number of carbonyl (C=O) groups is 1. The van der Waals surface area contributed by atoms with E-state index in [1.807, 2.05) is 25.1 Å². The molecule has 2 atom stereocenters. The Kier molecular flexibility index (Phi) is 4.24. The molecule has 26 heavy (non-hydrogen) atoms. The lowest BCUT2D eigenvalue weighted by Crippen LogP contribution is -2.28. The third-order valence-electron chi connectivity index (χ3n) is 5.20. The minimum atomic E-state index is -0.119. The Balaban J connectivity index is 1.57. The summed E-state index contributed by atoms with van der Waals surface area (Å²) in [4.78, 5) is 23.3. The lowest BCUT2D eigenvalue weighted by molar-refractivity contribution is -0.119. The second-order valence-electron chi connectivity index (χ2n) is 7.14. The maximum absolute atomic E-state index is 13.0. The van der Waals surface area contributed by atoms with Gasteiger partial charge in [0.2, 0.25) is 5.91 Å². The first-order valence-corrected chi connectivity index (χ1v) is 9.03. The van der Waals surface area contributed by atoms with Gasteiger partial charge >= 0.3 is 0 Å². The van der Waals surface area contributed by atoms with Crippen molar-refractivity contribution in [3.63, 3.8) is 0 Å². The number of rotatable bonds is 4. The first kappa shape index (κ1) is 16.8. The molecule has 136 valence electrons. The summed E-state index contributed by atoms with van der Waals surface area (Å²) in [6.07, 6.45) is 2.63. The van der Waals surface area contributed by atoms with Crippen molar-refractivity contribution >= 4 is 22.5 Å². The van der Waals surface area contributed by atoms with Crippen LogP contribution in [0.1, 0.15) is 30.1 Å². The van der Waals surface area contributed by atoms with Crippen LogP contribution in [0.4, 0.5) is 5.69 Å². The number of aromatic amines is 2. The van der Waals surface area contributed by atoms with Gasteiger partial charge in [0.25, 0.3) is 0 Å². The summed E-state index contributed by atoms with van der Waals surface area (Å²) in [5.74, 6) is 1.01. The predicted molar refractivity (Wildman–Crippen MR) is 101 cm³/mol. The van der Waals surface area contributed by atoms with Gasteiger partial charge in [-0.3, -0.25) is 9.89 Å². The van der Waals surface area contributed by atoms with E-state index in [1.165, 1.54) is 0 Å². The average molecular weight is 352 g/mol. The van der Waals surface area contributed by atoms with Crippen molar-refractivity contribution < 1.29 is 4.79 Å². The molecule has 2 aromatic heterocycles. The van der Waals surface area contributed by atoms with Crippen LogP contribution in [0.2, 0.25) is 0 Å². The average Bonchev–Trinajstić information content (AvgIpc) is 3.32. The van der Waals surface area contributed by atoms with Crippen molar-refractivity contribution in [3.05, 3.63) is 41.6 Å². The van der Waals surface area contributed by atoms with Gasteiger partial charge in [0, 0.05) is 42.2 Å². The first-order chi connectivity index (χ1) is 12.5. The number of fused-ring (bicyclic) bond motifs is 1. The Morgan fingerprint density at radius 2 is 2.23 bits per heavy atom. The molecule has 0 spiro atoms. The summed E-state index contributed by atoms with van der Waals surface area (Å²) in [6, 6.07) is 5.78. The molecular formula is C19H24N6O. The zero-order valence-corrected chi connectivity index (χ0v) is 15.3. The van der Waals surface area contributed by atoms with E-state index in [9.17, 15) is 4.79 Å². The summed E-state index contributed by atoms with van der Waals surface area (Å²) in [5.41, 5.74) is 3.85. The van der Waals surface area contributed by atoms with Crippen LogP contribution in [-0.2, 0) is 11.2 Å². The highest BCUT2D eigenvalue weighted by atomic mass is 16.2. The number of hydrogen-bond donors (Lipinski definition) is 3. The monoisotopic (exact) mass is 352 g/mol. The maximum Gasteiger partial charge on any atom is 0.229 e. The normalized spacial score (nSPS) is 20.7. The van der Waals surface area contributed by atoms with Gasteiger partial charge in [-0.05, 0) is 32.2 Å². The number of imidazole rings is 1. The Bertz CT molecular complexity index is 943. The van der Waals surface area contributed by atoms with Crippen molar-refractivity contribution in [1.29, 1.82) is 0 Å². The number of anilines is 1. The summed E-state index contributed by atoms with van der Waals surface area (Å²) in [5, 5.41) is 11.0. The van der Waals surface area contributed by atoms with Crippen LogP contribution in [0.25, 0.3) is 10.9 Å². The van der Waals surface area contributed by atoms with Crippen molar-refractivity contribution in [2.45, 2.75) is 26.2 Å². The van der Waals surface area contributed by atoms with Gasteiger partial charge < -0.3 is 15.2 Å². The lowest BCUT2D eigenvalue weighted by Gasteiger charge is -2.17. The van der Waals surface area contributed by atoms with Crippen molar-refractivity contribution in [2.75, 3.05) is 25.5 Å². The second-order valence-corrected chi connectivity index (χ2v) is 7.14. The third kappa shape index (κ3) is 2.99. The van der Waals surface area contributed by atoms with E-state index in [1.54, 1.807) is 6.20 Å². The van der Waals surface area contributed by atoms with Gasteiger partial charge in [-0.15, -0.1) is 0 Å². The number of aromatic nitrogens is 4. The van der Waals surface area contributed by atoms with Gasteiger partial charge in [0.1, 0.15) is 5.82 Å². The minimum Gasteiger partial charge on any atom is -0.346 e. The minimum absolute atomic E-state index is 0.0441. The van der Waals surface area contributed by atoms with Crippen LogP contribution in [0, 0.1) is 12.8 Å². The number of nitrogens with one attached hydrogen (secondary N) is 3. The van der Waals surface area contributed by atoms with Crippen molar-refractivity contribution in [3.8, 4) is 0 Å². The number of likely N-dealkylation sites (N-methyl/N-ethyl adjacent to an activating group) is 1. The predicted octanol–water partition coefficient (Wildman–Crippen LogP) is 2.44. The van der Waals surface area contributed by atoms with E-state index in [0.717, 1.165) is 53.3 Å². The molecule has 1 aliphatic heterocycles. The summed E-state index contributed by atoms with van der Waals surface area (Å²) < 4.78 is 0. The molecule has 0 radical (unpaired) electrons. The second kappa shape index (κ2) is 6.57. The molecule has 1 amide bonds. The highest BCUT2D eigenvalue weighted by Gasteiger charge is 2.39. The Morgan fingerprint density at radius 3 is 3.00 bits per heavy atom. The molecule has 0 unspecified atom stereocenters. The van der Waals surface area contributed by atoms with Crippen LogP contribution < -0.4 is 5.32 Å². The van der Waals surface area contributed by atoms with Crippen LogP contribution >= 0.6 is 0 Å². The van der Waals surface area contributed by atoms with Crippen LogP contribution in [0.5, 0.6) is 0 Å². The molecule has 1 aromatic carbocycles. The van der Waals surface area contributed by atoms with E-state index >= 15 is 0 Å². The molecule has 3 aromatic rings. The molecule has 3 N–H and O–H groups in total. The number of aryl methyl sites for hydroxylation is 2. The van der Waals surface area contributed by atoms with Gasteiger partial charge in [-0.2, -0.15) is 5.10 Å². The molecule has 1 saturated heterocycles. The Hall–Kier alpha value is -2.67. The molecule has 0 saturated carbocycles. The van der Waals surface area contributed by atoms with Crippen molar-refractivity contribution in [1.82, 2.24) is 25.1 Å². The molecule has 7 nitrogen and oxygen atoms in total. The molecule has 0 aliphatic carbocycles. The first-order valence-electron chi connectivity index (χ1n) is 9.03.